The van der Waals surface area contributed by atoms with E-state index in [1.165, 1.54) is 23.1 Å². The van der Waals surface area contributed by atoms with Crippen molar-refractivity contribution in [1.82, 2.24) is 5.32 Å². The second-order valence-electron chi connectivity index (χ2n) is 8.03. The lowest BCUT2D eigenvalue weighted by atomic mass is 9.75. The van der Waals surface area contributed by atoms with Crippen LogP contribution in [0.1, 0.15) is 73.4 Å². The van der Waals surface area contributed by atoms with E-state index in [-0.39, 0.29) is 11.3 Å². The minimum atomic E-state index is -0.403. The third-order valence-electron chi connectivity index (χ3n) is 6.37. The summed E-state index contributed by atoms with van der Waals surface area (Å²) in [5, 5.41) is 3.13. The van der Waals surface area contributed by atoms with Gasteiger partial charge in [0.25, 0.3) is 0 Å². The Hall–Kier alpha value is -2.14. The number of rotatable bonds is 7. The lowest BCUT2D eigenvalue weighted by molar-refractivity contribution is -0.117. The van der Waals surface area contributed by atoms with Gasteiger partial charge < -0.3 is 16.8 Å². The molecule has 3 rings (SSSR count). The summed E-state index contributed by atoms with van der Waals surface area (Å²) in [5.74, 6) is -0.321. The smallest absolute Gasteiger partial charge is 0.248 e. The molecule has 0 radical (unpaired) electrons. The molecule has 0 saturated carbocycles. The van der Waals surface area contributed by atoms with E-state index in [2.05, 4.69) is 12.2 Å². The molecule has 1 unspecified atom stereocenters. The monoisotopic (exact) mass is 369 g/mol. The summed E-state index contributed by atoms with van der Waals surface area (Å²) in [5.41, 5.74) is 16.5. The maximum atomic E-state index is 12.6. The van der Waals surface area contributed by atoms with Crippen LogP contribution in [-0.4, -0.2) is 24.9 Å². The van der Waals surface area contributed by atoms with Gasteiger partial charge in [-0.15, -0.1) is 0 Å². The van der Waals surface area contributed by atoms with E-state index in [1.807, 2.05) is 12.1 Å². The quantitative estimate of drug-likeness (QED) is 0.689. The fraction of sp³-hybridized carbons (Fsp3) is 0.545. The maximum Gasteiger partial charge on any atom is 0.248 e. The molecule has 0 spiro atoms. The second-order valence-corrected chi connectivity index (χ2v) is 8.03. The molecule has 2 aliphatic rings. The van der Waals surface area contributed by atoms with Crippen molar-refractivity contribution in [2.24, 2.45) is 11.5 Å². The van der Waals surface area contributed by atoms with Crippen LogP contribution in [0.3, 0.4) is 0 Å². The van der Waals surface area contributed by atoms with E-state index in [4.69, 9.17) is 11.5 Å². The lowest BCUT2D eigenvalue weighted by Gasteiger charge is -2.31. The van der Waals surface area contributed by atoms with E-state index in [0.717, 1.165) is 50.5 Å². The zero-order valence-electron chi connectivity index (χ0n) is 16.3. The molecule has 5 N–H and O–H groups in total. The van der Waals surface area contributed by atoms with Gasteiger partial charge in [0.2, 0.25) is 11.8 Å². The number of amides is 2. The van der Waals surface area contributed by atoms with Crippen LogP contribution in [0.4, 0.5) is 0 Å². The summed E-state index contributed by atoms with van der Waals surface area (Å²) in [7, 11) is 0. The molecule has 27 heavy (non-hydrogen) atoms. The zero-order chi connectivity index (χ0) is 19.4. The Labute approximate surface area is 161 Å². The molecule has 0 aromatic heterocycles. The molecule has 5 heteroatoms. The number of fused-ring (bicyclic) bond motifs is 1. The Balaban J connectivity index is 1.73. The first kappa shape index (κ1) is 19.6. The van der Waals surface area contributed by atoms with Crippen molar-refractivity contribution in [2.75, 3.05) is 13.1 Å². The third kappa shape index (κ3) is 4.08. The molecule has 0 fully saturated rings. The van der Waals surface area contributed by atoms with Crippen LogP contribution in [0.25, 0.3) is 0 Å². The van der Waals surface area contributed by atoms with Gasteiger partial charge in [0.05, 0.1) is 0 Å². The number of hydrogen-bond donors (Lipinski definition) is 3. The number of hydrogen-bond acceptors (Lipinski definition) is 3. The standard InChI is InChI=1S/C22H31N3O2/c1-15-4-2-3-5-18(15)21(27)25-13-11-22(10-12-23)9-8-16-6-7-17(20(24)26)14-19(16)22/h6-7,14H,2-5,8-13,23H2,1H3,(H2,24,26)(H,25,27). The highest BCUT2D eigenvalue weighted by molar-refractivity contribution is 5.94. The summed E-state index contributed by atoms with van der Waals surface area (Å²) < 4.78 is 0. The van der Waals surface area contributed by atoms with Crippen LogP contribution < -0.4 is 16.8 Å². The van der Waals surface area contributed by atoms with E-state index >= 15 is 0 Å². The highest BCUT2D eigenvalue weighted by atomic mass is 16.2. The SMILES string of the molecule is CC1=C(C(=O)NCCC2(CCN)CCc3ccc(C(N)=O)cc32)CCCC1. The van der Waals surface area contributed by atoms with Crippen LogP contribution >= 0.6 is 0 Å². The number of carbonyl (C=O) groups is 2. The Morgan fingerprint density at radius 3 is 2.63 bits per heavy atom. The van der Waals surface area contributed by atoms with Crippen molar-refractivity contribution >= 4 is 11.8 Å². The molecule has 1 aromatic carbocycles. The molecular formula is C22H31N3O2. The van der Waals surface area contributed by atoms with Crippen molar-refractivity contribution in [3.8, 4) is 0 Å². The first-order valence-corrected chi connectivity index (χ1v) is 10.1. The van der Waals surface area contributed by atoms with Gasteiger partial charge in [-0.1, -0.05) is 11.6 Å². The van der Waals surface area contributed by atoms with E-state index in [1.54, 1.807) is 6.07 Å². The van der Waals surface area contributed by atoms with Gasteiger partial charge in [-0.05, 0) is 93.5 Å². The van der Waals surface area contributed by atoms with Gasteiger partial charge in [-0.2, -0.15) is 0 Å². The van der Waals surface area contributed by atoms with Crippen molar-refractivity contribution in [2.45, 2.75) is 63.7 Å². The zero-order valence-corrected chi connectivity index (χ0v) is 16.3. The molecule has 0 saturated heterocycles. The van der Waals surface area contributed by atoms with Gasteiger partial charge in [0, 0.05) is 17.7 Å². The largest absolute Gasteiger partial charge is 0.366 e. The molecular weight excluding hydrogens is 338 g/mol. The number of allylic oxidation sites excluding steroid dienone is 1. The first-order chi connectivity index (χ1) is 13.0. The topological polar surface area (TPSA) is 98.2 Å². The van der Waals surface area contributed by atoms with Crippen molar-refractivity contribution in [3.63, 3.8) is 0 Å². The molecule has 0 aliphatic heterocycles. The Bertz CT molecular complexity index is 765. The van der Waals surface area contributed by atoms with Crippen molar-refractivity contribution < 1.29 is 9.59 Å². The number of benzene rings is 1. The predicted octanol–water partition coefficient (Wildman–Crippen LogP) is 2.72. The fourth-order valence-electron chi connectivity index (χ4n) is 4.76. The van der Waals surface area contributed by atoms with Crippen LogP contribution in [-0.2, 0) is 16.6 Å². The highest BCUT2D eigenvalue weighted by Gasteiger charge is 2.38. The van der Waals surface area contributed by atoms with Crippen LogP contribution in [0.15, 0.2) is 29.3 Å². The number of nitrogens with two attached hydrogens (primary N) is 2. The molecule has 146 valence electrons. The summed E-state index contributed by atoms with van der Waals surface area (Å²) >= 11 is 0. The average molecular weight is 370 g/mol. The molecule has 2 aliphatic carbocycles. The minimum absolute atomic E-state index is 0.0826. The predicted molar refractivity (Wildman–Crippen MR) is 107 cm³/mol. The van der Waals surface area contributed by atoms with Gasteiger partial charge in [-0.25, -0.2) is 0 Å². The Kier molecular flexibility index (Phi) is 6.00. The molecule has 5 nitrogen and oxygen atoms in total. The summed E-state index contributed by atoms with van der Waals surface area (Å²) in [6.45, 7) is 3.27. The molecule has 2 amide bonds. The van der Waals surface area contributed by atoms with Gasteiger partial charge in [0.1, 0.15) is 0 Å². The maximum absolute atomic E-state index is 12.6. The Morgan fingerprint density at radius 1 is 1.15 bits per heavy atom. The van der Waals surface area contributed by atoms with Gasteiger partial charge >= 0.3 is 0 Å². The summed E-state index contributed by atoms with van der Waals surface area (Å²) in [6.07, 6.45) is 7.85. The van der Waals surface area contributed by atoms with E-state index in [9.17, 15) is 9.59 Å². The van der Waals surface area contributed by atoms with Gasteiger partial charge in [-0.3, -0.25) is 9.59 Å². The highest BCUT2D eigenvalue weighted by Crippen LogP contribution is 2.44. The average Bonchev–Trinajstić information content (AvgIpc) is 3.00. The van der Waals surface area contributed by atoms with E-state index in [0.29, 0.717) is 18.7 Å². The van der Waals surface area contributed by atoms with Crippen molar-refractivity contribution in [1.29, 1.82) is 0 Å². The molecule has 0 bridgehead atoms. The number of aryl methyl sites for hydroxylation is 1. The number of nitrogens with one attached hydrogen (secondary N) is 1. The third-order valence-corrected chi connectivity index (χ3v) is 6.37. The fourth-order valence-corrected chi connectivity index (χ4v) is 4.76. The minimum Gasteiger partial charge on any atom is -0.366 e. The first-order valence-electron chi connectivity index (χ1n) is 10.1. The van der Waals surface area contributed by atoms with Crippen LogP contribution in [0, 0.1) is 0 Å². The molecule has 1 atom stereocenters. The lowest BCUT2D eigenvalue weighted by Crippen LogP contribution is -2.34. The van der Waals surface area contributed by atoms with Crippen LogP contribution in [0.2, 0.25) is 0 Å². The number of carbonyl (C=O) groups excluding carboxylic acids is 2. The second kappa shape index (κ2) is 8.26. The van der Waals surface area contributed by atoms with Crippen molar-refractivity contribution in [3.05, 3.63) is 46.0 Å². The number of primary amides is 1. The Morgan fingerprint density at radius 2 is 1.93 bits per heavy atom. The summed E-state index contributed by atoms with van der Waals surface area (Å²) in [6, 6.07) is 5.76. The normalized spacial score (nSPS) is 21.9. The summed E-state index contributed by atoms with van der Waals surface area (Å²) in [4.78, 5) is 24.2. The molecule has 0 heterocycles. The van der Waals surface area contributed by atoms with E-state index < -0.39 is 5.91 Å². The van der Waals surface area contributed by atoms with Gasteiger partial charge in [0.15, 0.2) is 0 Å². The van der Waals surface area contributed by atoms with Crippen LogP contribution in [0.5, 0.6) is 0 Å². The molecule has 1 aromatic rings.